The van der Waals surface area contributed by atoms with E-state index in [0.29, 0.717) is 13.2 Å². The number of fused-ring (bicyclic) bond motifs is 1. The fraction of sp³-hybridized carbons (Fsp3) is 0.286. The lowest BCUT2D eigenvalue weighted by Crippen LogP contribution is -2.36. The Labute approximate surface area is 147 Å². The minimum Gasteiger partial charge on any atom is -0.368 e. The van der Waals surface area contributed by atoms with Gasteiger partial charge in [-0.05, 0) is 30.0 Å². The fourth-order valence-electron chi connectivity index (χ4n) is 3.58. The molecule has 4 rings (SSSR count). The van der Waals surface area contributed by atoms with Gasteiger partial charge in [-0.1, -0.05) is 48.5 Å². The zero-order valence-corrected chi connectivity index (χ0v) is 14.1. The number of carbonyl (C=O) groups excluding carboxylic acids is 1. The number of hydrogen-bond acceptors (Lipinski definition) is 2. The van der Waals surface area contributed by atoms with Crippen LogP contribution in [0.2, 0.25) is 0 Å². The molecule has 0 saturated carbocycles. The number of hydrogen-bond donors (Lipinski definition) is 2. The Morgan fingerprint density at radius 3 is 2.76 bits per heavy atom. The molecule has 2 aromatic carbocycles. The van der Waals surface area contributed by atoms with Crippen LogP contribution in [0.4, 0.5) is 0 Å². The van der Waals surface area contributed by atoms with Crippen molar-refractivity contribution < 1.29 is 9.53 Å². The molecule has 0 aliphatic carbocycles. The number of nitrogens with one attached hydrogen (secondary N) is 2. The Hall–Kier alpha value is -2.59. The van der Waals surface area contributed by atoms with Gasteiger partial charge < -0.3 is 15.0 Å². The average Bonchev–Trinajstić information content (AvgIpc) is 3.33. The first-order valence-electron chi connectivity index (χ1n) is 8.83. The molecule has 1 fully saturated rings. The molecule has 2 atom stereocenters. The zero-order valence-electron chi connectivity index (χ0n) is 14.1. The van der Waals surface area contributed by atoms with Gasteiger partial charge in [-0.2, -0.15) is 0 Å². The van der Waals surface area contributed by atoms with Crippen LogP contribution in [-0.4, -0.2) is 30.1 Å². The van der Waals surface area contributed by atoms with Crippen molar-refractivity contribution in [3.05, 3.63) is 71.9 Å². The molecular weight excluding hydrogens is 312 g/mol. The van der Waals surface area contributed by atoms with E-state index in [9.17, 15) is 4.79 Å². The Kier molecular flexibility index (Phi) is 4.53. The van der Waals surface area contributed by atoms with Gasteiger partial charge in [0.25, 0.3) is 0 Å². The van der Waals surface area contributed by atoms with Crippen LogP contribution in [0.5, 0.6) is 0 Å². The minimum absolute atomic E-state index is 0.00160. The summed E-state index contributed by atoms with van der Waals surface area (Å²) in [5, 5.41) is 4.30. The third-order valence-corrected chi connectivity index (χ3v) is 4.90. The summed E-state index contributed by atoms with van der Waals surface area (Å²) in [6, 6.07) is 18.6. The highest BCUT2D eigenvalue weighted by atomic mass is 16.5. The summed E-state index contributed by atoms with van der Waals surface area (Å²) < 4.78 is 5.50. The number of rotatable bonds is 5. The molecule has 4 nitrogen and oxygen atoms in total. The standard InChI is InChI=1S/C21H22N2O2/c24-21(20-11-6-12-25-20)23-13-17(15-7-2-1-3-8-15)18-14-22-19-10-5-4-9-16(18)19/h1-5,7-10,14,17,20,22H,6,11-13H2,(H,23,24). The van der Waals surface area contributed by atoms with Gasteiger partial charge in [0.2, 0.25) is 5.91 Å². The maximum Gasteiger partial charge on any atom is 0.249 e. The van der Waals surface area contributed by atoms with Gasteiger partial charge in [-0.15, -0.1) is 0 Å². The van der Waals surface area contributed by atoms with Gasteiger partial charge in [0, 0.05) is 36.2 Å². The topological polar surface area (TPSA) is 54.1 Å². The summed E-state index contributed by atoms with van der Waals surface area (Å²) in [5.41, 5.74) is 3.51. The van der Waals surface area contributed by atoms with Crippen molar-refractivity contribution >= 4 is 16.8 Å². The number of aromatic nitrogens is 1. The largest absolute Gasteiger partial charge is 0.368 e. The van der Waals surface area contributed by atoms with Gasteiger partial charge in [0.05, 0.1) is 0 Å². The second kappa shape index (κ2) is 7.11. The molecule has 1 amide bonds. The predicted molar refractivity (Wildman–Crippen MR) is 98.6 cm³/mol. The van der Waals surface area contributed by atoms with Crippen LogP contribution in [0.3, 0.4) is 0 Å². The highest BCUT2D eigenvalue weighted by Gasteiger charge is 2.25. The minimum atomic E-state index is -0.292. The summed E-state index contributed by atoms with van der Waals surface area (Å²) in [5.74, 6) is 0.0981. The van der Waals surface area contributed by atoms with Crippen LogP contribution in [0.1, 0.15) is 29.9 Å². The quantitative estimate of drug-likeness (QED) is 0.749. The molecule has 0 radical (unpaired) electrons. The van der Waals surface area contributed by atoms with Gasteiger partial charge in [-0.3, -0.25) is 4.79 Å². The Morgan fingerprint density at radius 2 is 1.96 bits per heavy atom. The third kappa shape index (κ3) is 3.30. The second-order valence-corrected chi connectivity index (χ2v) is 6.50. The van der Waals surface area contributed by atoms with E-state index < -0.39 is 0 Å². The fourth-order valence-corrected chi connectivity index (χ4v) is 3.58. The van der Waals surface area contributed by atoms with Crippen molar-refractivity contribution in [1.29, 1.82) is 0 Å². The van der Waals surface area contributed by atoms with E-state index in [2.05, 4.69) is 40.8 Å². The van der Waals surface area contributed by atoms with E-state index in [1.165, 1.54) is 16.5 Å². The van der Waals surface area contributed by atoms with E-state index in [4.69, 9.17) is 4.74 Å². The maximum atomic E-state index is 12.4. The number of amides is 1. The highest BCUT2D eigenvalue weighted by Crippen LogP contribution is 2.30. The Balaban J connectivity index is 1.62. The van der Waals surface area contributed by atoms with E-state index in [-0.39, 0.29) is 17.9 Å². The van der Waals surface area contributed by atoms with Crippen LogP contribution in [0, 0.1) is 0 Å². The number of para-hydroxylation sites is 1. The molecule has 4 heteroatoms. The molecular formula is C21H22N2O2. The lowest BCUT2D eigenvalue weighted by Gasteiger charge is -2.19. The lowest BCUT2D eigenvalue weighted by atomic mass is 9.91. The van der Waals surface area contributed by atoms with E-state index in [0.717, 1.165) is 18.4 Å². The smallest absolute Gasteiger partial charge is 0.249 e. The summed E-state index contributed by atoms with van der Waals surface area (Å²) in [6.45, 7) is 1.24. The molecule has 0 spiro atoms. The molecule has 2 N–H and O–H groups in total. The molecule has 0 bridgehead atoms. The maximum absolute atomic E-state index is 12.4. The van der Waals surface area contributed by atoms with Crippen molar-refractivity contribution in [2.75, 3.05) is 13.2 Å². The zero-order chi connectivity index (χ0) is 17.1. The number of H-pyrrole nitrogens is 1. The monoisotopic (exact) mass is 334 g/mol. The molecule has 1 saturated heterocycles. The van der Waals surface area contributed by atoms with Gasteiger partial charge in [0.15, 0.2) is 0 Å². The molecule has 2 heterocycles. The molecule has 1 aliphatic heterocycles. The summed E-state index contributed by atoms with van der Waals surface area (Å²) in [4.78, 5) is 15.7. The normalized spacial score (nSPS) is 18.3. The molecule has 2 unspecified atom stereocenters. The van der Waals surface area contributed by atoms with Gasteiger partial charge in [0.1, 0.15) is 6.10 Å². The molecule has 1 aromatic heterocycles. The summed E-state index contributed by atoms with van der Waals surface area (Å²) in [6.07, 6.45) is 3.54. The van der Waals surface area contributed by atoms with Gasteiger partial charge in [-0.25, -0.2) is 0 Å². The van der Waals surface area contributed by atoms with Crippen molar-refractivity contribution in [3.8, 4) is 0 Å². The highest BCUT2D eigenvalue weighted by molar-refractivity contribution is 5.85. The van der Waals surface area contributed by atoms with Crippen LogP contribution in [0.15, 0.2) is 60.8 Å². The van der Waals surface area contributed by atoms with Crippen LogP contribution in [-0.2, 0) is 9.53 Å². The second-order valence-electron chi connectivity index (χ2n) is 6.50. The first kappa shape index (κ1) is 15.9. The van der Waals surface area contributed by atoms with Crippen molar-refractivity contribution in [3.63, 3.8) is 0 Å². The van der Waals surface area contributed by atoms with Crippen molar-refractivity contribution in [2.24, 2.45) is 0 Å². The number of aromatic amines is 1. The number of ether oxygens (including phenoxy) is 1. The first-order valence-corrected chi connectivity index (χ1v) is 8.83. The van der Waals surface area contributed by atoms with Crippen molar-refractivity contribution in [1.82, 2.24) is 10.3 Å². The van der Waals surface area contributed by atoms with E-state index in [1.807, 2.05) is 30.3 Å². The van der Waals surface area contributed by atoms with E-state index >= 15 is 0 Å². The molecule has 25 heavy (non-hydrogen) atoms. The molecule has 128 valence electrons. The number of carbonyl (C=O) groups is 1. The van der Waals surface area contributed by atoms with E-state index in [1.54, 1.807) is 0 Å². The predicted octanol–water partition coefficient (Wildman–Crippen LogP) is 3.60. The third-order valence-electron chi connectivity index (χ3n) is 4.90. The first-order chi connectivity index (χ1) is 12.3. The van der Waals surface area contributed by atoms with Crippen molar-refractivity contribution in [2.45, 2.75) is 24.9 Å². The van der Waals surface area contributed by atoms with Gasteiger partial charge >= 0.3 is 0 Å². The molecule has 1 aliphatic rings. The van der Waals surface area contributed by atoms with Crippen LogP contribution in [0.25, 0.3) is 10.9 Å². The Morgan fingerprint density at radius 1 is 1.16 bits per heavy atom. The SMILES string of the molecule is O=C(NCC(c1ccccc1)c1c[nH]c2ccccc12)C1CCCO1. The van der Waals surface area contributed by atoms with Crippen LogP contribution >= 0.6 is 0 Å². The van der Waals surface area contributed by atoms with Crippen LogP contribution < -0.4 is 5.32 Å². The average molecular weight is 334 g/mol. The summed E-state index contributed by atoms with van der Waals surface area (Å²) in [7, 11) is 0. The number of benzene rings is 2. The Bertz CT molecular complexity index is 850. The summed E-state index contributed by atoms with van der Waals surface area (Å²) >= 11 is 0. The lowest BCUT2D eigenvalue weighted by molar-refractivity contribution is -0.130. The molecule has 3 aromatic rings.